The Morgan fingerprint density at radius 2 is 2.00 bits per heavy atom. The summed E-state index contributed by atoms with van der Waals surface area (Å²) in [7, 11) is 0. The minimum atomic E-state index is -0.484. The van der Waals surface area contributed by atoms with Crippen LogP contribution in [0.5, 0.6) is 0 Å². The fourth-order valence-corrected chi connectivity index (χ4v) is 0.807. The van der Waals surface area contributed by atoms with Gasteiger partial charge in [-0.15, -0.1) is 0 Å². The predicted molar refractivity (Wildman–Crippen MR) is 48.7 cm³/mol. The average molecular weight is 159 g/mol. The third-order valence-electron chi connectivity index (χ3n) is 1.98. The normalized spacial score (nSPS) is 16.9. The highest BCUT2D eigenvalue weighted by molar-refractivity contribution is 4.71. The van der Waals surface area contributed by atoms with Gasteiger partial charge in [0.05, 0.1) is 5.60 Å². The van der Waals surface area contributed by atoms with Crippen molar-refractivity contribution in [1.29, 1.82) is 0 Å². The average Bonchev–Trinajstić information content (AvgIpc) is 1.87. The summed E-state index contributed by atoms with van der Waals surface area (Å²) in [6.45, 7) is 9.02. The van der Waals surface area contributed by atoms with Crippen LogP contribution >= 0.6 is 0 Å². The zero-order valence-corrected chi connectivity index (χ0v) is 8.15. The molecule has 1 atom stereocenters. The first kappa shape index (κ1) is 10.9. The number of hydrogen-bond donors (Lipinski definition) is 2. The largest absolute Gasteiger partial charge is 0.390 e. The molecule has 0 heterocycles. The summed E-state index contributed by atoms with van der Waals surface area (Å²) >= 11 is 0. The fraction of sp³-hybridized carbons (Fsp3) is 1.00. The van der Waals surface area contributed by atoms with Crippen molar-refractivity contribution < 1.29 is 5.11 Å². The Hall–Kier alpha value is -0.0800. The molecular formula is C9H21NO. The van der Waals surface area contributed by atoms with Gasteiger partial charge in [-0.3, -0.25) is 0 Å². The highest BCUT2D eigenvalue weighted by Crippen LogP contribution is 2.12. The van der Waals surface area contributed by atoms with Gasteiger partial charge in [0.2, 0.25) is 0 Å². The van der Waals surface area contributed by atoms with Gasteiger partial charge < -0.3 is 10.4 Å². The van der Waals surface area contributed by atoms with Gasteiger partial charge in [-0.05, 0) is 26.3 Å². The van der Waals surface area contributed by atoms with Gasteiger partial charge in [0, 0.05) is 6.04 Å². The van der Waals surface area contributed by atoms with Gasteiger partial charge in [0.15, 0.2) is 0 Å². The minimum Gasteiger partial charge on any atom is -0.390 e. The van der Waals surface area contributed by atoms with Crippen LogP contribution in [0.25, 0.3) is 0 Å². The Morgan fingerprint density at radius 1 is 1.45 bits per heavy atom. The molecule has 0 amide bonds. The van der Waals surface area contributed by atoms with Gasteiger partial charge in [-0.1, -0.05) is 20.8 Å². The Morgan fingerprint density at radius 3 is 2.36 bits per heavy atom. The number of aliphatic hydroxyl groups is 1. The third-order valence-corrected chi connectivity index (χ3v) is 1.98. The van der Waals surface area contributed by atoms with Crippen LogP contribution in [-0.2, 0) is 0 Å². The van der Waals surface area contributed by atoms with Crippen molar-refractivity contribution in [3.8, 4) is 0 Å². The lowest BCUT2D eigenvalue weighted by Gasteiger charge is -2.21. The van der Waals surface area contributed by atoms with Crippen molar-refractivity contribution in [3.05, 3.63) is 0 Å². The van der Waals surface area contributed by atoms with E-state index in [1.807, 2.05) is 13.8 Å². The molecule has 0 aliphatic carbocycles. The molecule has 2 nitrogen and oxygen atoms in total. The smallest absolute Gasteiger partial charge is 0.0629 e. The van der Waals surface area contributed by atoms with Gasteiger partial charge in [0.1, 0.15) is 0 Å². The summed E-state index contributed by atoms with van der Waals surface area (Å²) in [4.78, 5) is 0. The Labute approximate surface area is 70.0 Å². The molecule has 2 N–H and O–H groups in total. The number of rotatable bonds is 5. The maximum absolute atomic E-state index is 9.60. The van der Waals surface area contributed by atoms with E-state index in [1.165, 1.54) is 0 Å². The molecule has 0 rings (SSSR count). The van der Waals surface area contributed by atoms with E-state index < -0.39 is 5.60 Å². The van der Waals surface area contributed by atoms with Crippen molar-refractivity contribution in [2.45, 2.75) is 52.2 Å². The quantitative estimate of drug-likeness (QED) is 0.637. The highest BCUT2D eigenvalue weighted by Gasteiger charge is 2.16. The molecule has 0 aromatic heterocycles. The summed E-state index contributed by atoms with van der Waals surface area (Å²) in [6, 6.07) is 0.516. The lowest BCUT2D eigenvalue weighted by Crippen LogP contribution is -2.32. The maximum atomic E-state index is 9.60. The predicted octanol–water partition coefficient (Wildman–Crippen LogP) is 1.54. The van der Waals surface area contributed by atoms with Crippen LogP contribution in [0.1, 0.15) is 40.5 Å². The molecule has 0 aliphatic rings. The van der Waals surface area contributed by atoms with Crippen LogP contribution in [0, 0.1) is 0 Å². The first-order valence-corrected chi connectivity index (χ1v) is 4.43. The van der Waals surface area contributed by atoms with Crippen LogP contribution in [-0.4, -0.2) is 23.3 Å². The number of hydrogen-bond acceptors (Lipinski definition) is 2. The Kier molecular flexibility index (Phi) is 4.69. The number of nitrogens with one attached hydrogen (secondary N) is 1. The van der Waals surface area contributed by atoms with E-state index in [0.29, 0.717) is 6.04 Å². The van der Waals surface area contributed by atoms with Crippen molar-refractivity contribution in [2.24, 2.45) is 0 Å². The maximum Gasteiger partial charge on any atom is 0.0629 e. The van der Waals surface area contributed by atoms with E-state index in [1.54, 1.807) is 0 Å². The van der Waals surface area contributed by atoms with E-state index in [2.05, 4.69) is 19.2 Å². The van der Waals surface area contributed by atoms with E-state index in [9.17, 15) is 5.11 Å². The van der Waals surface area contributed by atoms with Crippen LogP contribution < -0.4 is 5.32 Å². The Balaban J connectivity index is 3.38. The van der Waals surface area contributed by atoms with Crippen LogP contribution in [0.3, 0.4) is 0 Å². The molecule has 0 aliphatic heterocycles. The monoisotopic (exact) mass is 159 g/mol. The highest BCUT2D eigenvalue weighted by atomic mass is 16.3. The van der Waals surface area contributed by atoms with E-state index in [0.717, 1.165) is 19.4 Å². The van der Waals surface area contributed by atoms with Gasteiger partial charge >= 0.3 is 0 Å². The van der Waals surface area contributed by atoms with Crippen LogP contribution in [0.4, 0.5) is 0 Å². The molecule has 11 heavy (non-hydrogen) atoms. The molecule has 0 saturated carbocycles. The van der Waals surface area contributed by atoms with Crippen molar-refractivity contribution in [1.82, 2.24) is 5.32 Å². The van der Waals surface area contributed by atoms with Crippen molar-refractivity contribution in [2.75, 3.05) is 6.54 Å². The van der Waals surface area contributed by atoms with Crippen molar-refractivity contribution in [3.63, 3.8) is 0 Å². The molecule has 0 fully saturated rings. The van der Waals surface area contributed by atoms with Gasteiger partial charge in [-0.25, -0.2) is 0 Å². The lowest BCUT2D eigenvalue weighted by atomic mass is 9.99. The molecule has 1 unspecified atom stereocenters. The lowest BCUT2D eigenvalue weighted by molar-refractivity contribution is 0.0468. The van der Waals surface area contributed by atoms with E-state index in [4.69, 9.17) is 0 Å². The minimum absolute atomic E-state index is 0.484. The summed E-state index contributed by atoms with van der Waals surface area (Å²) in [5, 5.41) is 12.9. The Bertz CT molecular complexity index is 99.7. The summed E-state index contributed by atoms with van der Waals surface area (Å²) in [5.41, 5.74) is -0.484. The second-order valence-electron chi connectivity index (χ2n) is 3.71. The third kappa shape index (κ3) is 6.32. The van der Waals surface area contributed by atoms with Crippen LogP contribution in [0.2, 0.25) is 0 Å². The second-order valence-corrected chi connectivity index (χ2v) is 3.71. The molecule has 0 aromatic carbocycles. The zero-order chi connectivity index (χ0) is 8.91. The molecule has 2 heteroatoms. The van der Waals surface area contributed by atoms with Crippen LogP contribution in [0.15, 0.2) is 0 Å². The molecule has 68 valence electrons. The van der Waals surface area contributed by atoms with Gasteiger partial charge in [0.25, 0.3) is 0 Å². The molecule has 0 bridgehead atoms. The zero-order valence-electron chi connectivity index (χ0n) is 8.15. The molecule has 0 saturated heterocycles. The summed E-state index contributed by atoms with van der Waals surface area (Å²) < 4.78 is 0. The second kappa shape index (κ2) is 4.73. The molecule has 0 spiro atoms. The van der Waals surface area contributed by atoms with E-state index >= 15 is 0 Å². The standard InChI is InChI=1S/C9H21NO/c1-5-9(4,11)6-7-10-8(2)3/h8,10-11H,5-7H2,1-4H3. The van der Waals surface area contributed by atoms with Crippen molar-refractivity contribution >= 4 is 0 Å². The summed E-state index contributed by atoms with van der Waals surface area (Å²) in [5.74, 6) is 0. The topological polar surface area (TPSA) is 32.3 Å². The van der Waals surface area contributed by atoms with Gasteiger partial charge in [-0.2, -0.15) is 0 Å². The first-order valence-electron chi connectivity index (χ1n) is 4.43. The molecular weight excluding hydrogens is 138 g/mol. The fourth-order valence-electron chi connectivity index (χ4n) is 0.807. The molecule has 0 radical (unpaired) electrons. The summed E-state index contributed by atoms with van der Waals surface area (Å²) in [6.07, 6.45) is 1.66. The van der Waals surface area contributed by atoms with E-state index in [-0.39, 0.29) is 0 Å². The SMILES string of the molecule is CCC(C)(O)CCNC(C)C. The first-order chi connectivity index (χ1) is 4.98. The molecule has 0 aromatic rings.